The molecule has 3 N–H and O–H groups in total. The number of nitrogens with one attached hydrogen (secondary N) is 1. The van der Waals surface area contributed by atoms with Crippen molar-refractivity contribution in [2.75, 3.05) is 11.1 Å². The lowest BCUT2D eigenvalue weighted by molar-refractivity contribution is 0.657. The van der Waals surface area contributed by atoms with Gasteiger partial charge in [-0.05, 0) is 20.8 Å². The number of rotatable bonds is 4. The van der Waals surface area contributed by atoms with Crippen LogP contribution in [-0.2, 0) is 13.1 Å². The van der Waals surface area contributed by atoms with Crippen LogP contribution in [0.5, 0.6) is 0 Å². The average molecular weight is 251 g/mol. The number of nitrogen functional groups attached to an aromatic ring is 1. The minimum absolute atomic E-state index is 0.680. The Hall–Kier alpha value is -1.56. The molecule has 0 radical (unpaired) electrons. The van der Waals surface area contributed by atoms with E-state index in [1.54, 1.807) is 11.3 Å². The summed E-state index contributed by atoms with van der Waals surface area (Å²) in [5.74, 6) is 0.885. The van der Waals surface area contributed by atoms with Gasteiger partial charge < -0.3 is 11.1 Å². The van der Waals surface area contributed by atoms with Crippen LogP contribution in [0.25, 0.3) is 0 Å². The Labute approximate surface area is 105 Å². The molecule has 0 aliphatic carbocycles. The fraction of sp³-hybridized carbons (Fsp3) is 0.455. The maximum atomic E-state index is 5.98. The zero-order valence-corrected chi connectivity index (χ0v) is 11.1. The van der Waals surface area contributed by atoms with Crippen LogP contribution < -0.4 is 11.1 Å². The molecule has 0 aliphatic rings. The van der Waals surface area contributed by atoms with Crippen LogP contribution in [0.3, 0.4) is 0 Å². The van der Waals surface area contributed by atoms with Crippen LogP contribution >= 0.6 is 11.3 Å². The summed E-state index contributed by atoms with van der Waals surface area (Å²) in [6.07, 6.45) is 0. The molecule has 0 saturated carbocycles. The van der Waals surface area contributed by atoms with Gasteiger partial charge in [-0.1, -0.05) is 0 Å². The Bertz CT molecular complexity index is 514. The predicted octanol–water partition coefficient (Wildman–Crippen LogP) is 2.17. The third-order valence-electron chi connectivity index (χ3n) is 2.58. The molecule has 92 valence electrons. The minimum atomic E-state index is 0.680. The second kappa shape index (κ2) is 4.75. The van der Waals surface area contributed by atoms with E-state index < -0.39 is 0 Å². The first-order valence-electron chi connectivity index (χ1n) is 5.59. The Morgan fingerprint density at radius 3 is 2.82 bits per heavy atom. The molecule has 2 aromatic rings. The highest BCUT2D eigenvalue weighted by Crippen LogP contribution is 2.22. The summed E-state index contributed by atoms with van der Waals surface area (Å²) in [5, 5.41) is 10.8. The van der Waals surface area contributed by atoms with E-state index in [1.165, 1.54) is 0 Å². The SMILES string of the molecule is CCn1nc(C)c(N)c1NCc1csc(C)n1. The molecule has 0 aromatic carbocycles. The summed E-state index contributed by atoms with van der Waals surface area (Å²) in [6, 6.07) is 0. The summed E-state index contributed by atoms with van der Waals surface area (Å²) in [5.41, 5.74) is 8.61. The number of aromatic nitrogens is 3. The van der Waals surface area contributed by atoms with E-state index in [-0.39, 0.29) is 0 Å². The standard InChI is InChI=1S/C11H17N5S/c1-4-16-11(10(12)7(2)15-16)13-5-9-6-17-8(3)14-9/h6,13H,4-5,12H2,1-3H3. The van der Waals surface area contributed by atoms with Crippen molar-refractivity contribution in [1.82, 2.24) is 14.8 Å². The van der Waals surface area contributed by atoms with Gasteiger partial charge in [-0.25, -0.2) is 9.67 Å². The van der Waals surface area contributed by atoms with E-state index >= 15 is 0 Å². The van der Waals surface area contributed by atoms with Gasteiger partial charge in [-0.3, -0.25) is 0 Å². The van der Waals surface area contributed by atoms with Gasteiger partial charge in [0.05, 0.1) is 28.6 Å². The lowest BCUT2D eigenvalue weighted by Crippen LogP contribution is -2.08. The molecule has 2 heterocycles. The van der Waals surface area contributed by atoms with Crippen LogP contribution in [-0.4, -0.2) is 14.8 Å². The van der Waals surface area contributed by atoms with Gasteiger partial charge in [0, 0.05) is 11.9 Å². The van der Waals surface area contributed by atoms with Crippen LogP contribution in [0.1, 0.15) is 23.3 Å². The second-order valence-corrected chi connectivity index (χ2v) is 4.94. The lowest BCUT2D eigenvalue weighted by Gasteiger charge is -2.07. The topological polar surface area (TPSA) is 68.8 Å². The van der Waals surface area contributed by atoms with E-state index in [9.17, 15) is 0 Å². The van der Waals surface area contributed by atoms with Crippen molar-refractivity contribution in [2.24, 2.45) is 0 Å². The van der Waals surface area contributed by atoms with E-state index in [1.807, 2.05) is 25.5 Å². The number of hydrogen-bond donors (Lipinski definition) is 2. The number of anilines is 2. The van der Waals surface area contributed by atoms with Crippen molar-refractivity contribution in [1.29, 1.82) is 0 Å². The van der Waals surface area contributed by atoms with Gasteiger partial charge in [0.15, 0.2) is 0 Å². The molecular formula is C11H17N5S. The molecule has 17 heavy (non-hydrogen) atoms. The molecular weight excluding hydrogens is 234 g/mol. The monoisotopic (exact) mass is 251 g/mol. The first-order chi connectivity index (χ1) is 8.11. The molecule has 5 nitrogen and oxygen atoms in total. The molecule has 0 spiro atoms. The molecule has 0 amide bonds. The van der Waals surface area contributed by atoms with E-state index in [2.05, 4.69) is 20.8 Å². The maximum Gasteiger partial charge on any atom is 0.148 e. The quantitative estimate of drug-likeness (QED) is 0.873. The van der Waals surface area contributed by atoms with Crippen molar-refractivity contribution in [3.63, 3.8) is 0 Å². The zero-order valence-electron chi connectivity index (χ0n) is 10.3. The van der Waals surface area contributed by atoms with Gasteiger partial charge in [0.1, 0.15) is 5.82 Å². The molecule has 0 bridgehead atoms. The Morgan fingerprint density at radius 1 is 1.47 bits per heavy atom. The summed E-state index contributed by atoms with van der Waals surface area (Å²) in [7, 11) is 0. The van der Waals surface area contributed by atoms with Crippen molar-refractivity contribution < 1.29 is 0 Å². The first kappa shape index (κ1) is 11.9. The molecule has 0 saturated heterocycles. The molecule has 0 fully saturated rings. The summed E-state index contributed by atoms with van der Waals surface area (Å²) in [4.78, 5) is 4.40. The largest absolute Gasteiger partial charge is 0.394 e. The molecule has 0 unspecified atom stereocenters. The predicted molar refractivity (Wildman–Crippen MR) is 71.2 cm³/mol. The minimum Gasteiger partial charge on any atom is -0.394 e. The Kier molecular flexibility index (Phi) is 3.33. The zero-order chi connectivity index (χ0) is 12.4. The van der Waals surface area contributed by atoms with Crippen LogP contribution in [0.15, 0.2) is 5.38 Å². The normalized spacial score (nSPS) is 10.8. The summed E-state index contributed by atoms with van der Waals surface area (Å²) in [6.45, 7) is 7.45. The number of aryl methyl sites for hydroxylation is 3. The Balaban J connectivity index is 2.13. The third-order valence-corrected chi connectivity index (χ3v) is 3.40. The maximum absolute atomic E-state index is 5.98. The first-order valence-corrected chi connectivity index (χ1v) is 6.47. The van der Waals surface area contributed by atoms with E-state index in [4.69, 9.17) is 5.73 Å². The van der Waals surface area contributed by atoms with Crippen molar-refractivity contribution >= 4 is 22.8 Å². The smallest absolute Gasteiger partial charge is 0.148 e. The third kappa shape index (κ3) is 2.41. The molecule has 0 atom stereocenters. The summed E-state index contributed by atoms with van der Waals surface area (Å²) >= 11 is 1.65. The molecule has 2 rings (SSSR count). The van der Waals surface area contributed by atoms with Crippen LogP contribution in [0, 0.1) is 13.8 Å². The summed E-state index contributed by atoms with van der Waals surface area (Å²) < 4.78 is 1.88. The highest BCUT2D eigenvalue weighted by Gasteiger charge is 2.11. The number of nitrogens with two attached hydrogens (primary N) is 1. The number of thiazole rings is 1. The van der Waals surface area contributed by atoms with E-state index in [0.717, 1.165) is 34.4 Å². The molecule has 2 aromatic heterocycles. The number of nitrogens with zero attached hydrogens (tertiary/aromatic N) is 3. The second-order valence-electron chi connectivity index (χ2n) is 3.87. The Morgan fingerprint density at radius 2 is 2.24 bits per heavy atom. The van der Waals surface area contributed by atoms with Crippen molar-refractivity contribution in [3.8, 4) is 0 Å². The van der Waals surface area contributed by atoms with E-state index in [0.29, 0.717) is 6.54 Å². The lowest BCUT2D eigenvalue weighted by atomic mass is 10.4. The van der Waals surface area contributed by atoms with Gasteiger partial charge in [0.2, 0.25) is 0 Å². The van der Waals surface area contributed by atoms with Crippen LogP contribution in [0.2, 0.25) is 0 Å². The van der Waals surface area contributed by atoms with Crippen molar-refractivity contribution in [2.45, 2.75) is 33.9 Å². The highest BCUT2D eigenvalue weighted by molar-refractivity contribution is 7.09. The van der Waals surface area contributed by atoms with Crippen LogP contribution in [0.4, 0.5) is 11.5 Å². The molecule has 6 heteroatoms. The van der Waals surface area contributed by atoms with Gasteiger partial charge >= 0.3 is 0 Å². The fourth-order valence-electron chi connectivity index (χ4n) is 1.67. The van der Waals surface area contributed by atoms with Gasteiger partial charge in [-0.2, -0.15) is 5.10 Å². The van der Waals surface area contributed by atoms with Gasteiger partial charge in [-0.15, -0.1) is 11.3 Å². The molecule has 0 aliphatic heterocycles. The number of hydrogen-bond acceptors (Lipinski definition) is 5. The van der Waals surface area contributed by atoms with Gasteiger partial charge in [0.25, 0.3) is 0 Å². The fourth-order valence-corrected chi connectivity index (χ4v) is 2.29. The highest BCUT2D eigenvalue weighted by atomic mass is 32.1. The van der Waals surface area contributed by atoms with Crippen molar-refractivity contribution in [3.05, 3.63) is 21.8 Å². The average Bonchev–Trinajstić information content (AvgIpc) is 2.83.